The molecule has 1 saturated heterocycles. The lowest BCUT2D eigenvalue weighted by atomic mass is 9.96. The van der Waals surface area contributed by atoms with Crippen LogP contribution in [-0.4, -0.2) is 25.2 Å². The van der Waals surface area contributed by atoms with Gasteiger partial charge in [0.05, 0.1) is 0 Å². The Morgan fingerprint density at radius 1 is 1.37 bits per heavy atom. The smallest absolute Gasteiger partial charge is 0.249 e. The summed E-state index contributed by atoms with van der Waals surface area (Å²) in [7, 11) is 0. The highest BCUT2D eigenvalue weighted by atomic mass is 19.1. The Kier molecular flexibility index (Phi) is 3.27. The topological polar surface area (TPSA) is 38.3 Å². The van der Waals surface area contributed by atoms with Gasteiger partial charge in [0.2, 0.25) is 5.91 Å². The van der Waals surface area contributed by atoms with Gasteiger partial charge in [0.15, 0.2) is 0 Å². The Morgan fingerprint density at radius 2 is 2.11 bits per heavy atom. The molecule has 1 unspecified atom stereocenters. The van der Waals surface area contributed by atoms with Crippen molar-refractivity contribution in [1.82, 2.24) is 5.32 Å². The van der Waals surface area contributed by atoms with Gasteiger partial charge in [0.1, 0.15) is 11.9 Å². The van der Waals surface area contributed by atoms with Gasteiger partial charge in [-0.05, 0) is 43.4 Å². The van der Waals surface area contributed by atoms with E-state index in [0.29, 0.717) is 13.2 Å². The van der Waals surface area contributed by atoms with Gasteiger partial charge in [-0.15, -0.1) is 0 Å². The number of hydrogen-bond donors (Lipinski definition) is 1. The summed E-state index contributed by atoms with van der Waals surface area (Å²) in [6.07, 6.45) is 3.59. The first-order valence-electron chi connectivity index (χ1n) is 6.85. The lowest BCUT2D eigenvalue weighted by Crippen LogP contribution is -2.38. The molecule has 4 heteroatoms. The van der Waals surface area contributed by atoms with E-state index in [1.807, 2.05) is 12.1 Å². The molecule has 0 spiro atoms. The molecular weight excluding hydrogens is 245 g/mol. The second kappa shape index (κ2) is 4.93. The molecule has 1 saturated carbocycles. The van der Waals surface area contributed by atoms with Crippen LogP contribution in [0.5, 0.6) is 0 Å². The largest absolute Gasteiger partial charge is 0.368 e. The molecule has 3 nitrogen and oxygen atoms in total. The molecular formula is C15H18FNO2. The predicted octanol–water partition coefficient (Wildman–Crippen LogP) is 2.15. The minimum absolute atomic E-state index is 0.00844. The SMILES string of the molecule is O=C(NCC1(c2ccc(F)cc2)CC1)C1CCCO1. The van der Waals surface area contributed by atoms with Gasteiger partial charge >= 0.3 is 0 Å². The summed E-state index contributed by atoms with van der Waals surface area (Å²) in [6, 6.07) is 6.61. The molecule has 2 fully saturated rings. The summed E-state index contributed by atoms with van der Waals surface area (Å²) in [4.78, 5) is 11.9. The number of amides is 1. The van der Waals surface area contributed by atoms with Gasteiger partial charge < -0.3 is 10.1 Å². The average Bonchev–Trinajstić information content (AvgIpc) is 3.01. The summed E-state index contributed by atoms with van der Waals surface area (Å²) in [5.41, 5.74) is 1.13. The highest BCUT2D eigenvalue weighted by Gasteiger charge is 2.44. The average molecular weight is 263 g/mol. The van der Waals surface area contributed by atoms with Crippen molar-refractivity contribution in [3.63, 3.8) is 0 Å². The van der Waals surface area contributed by atoms with E-state index in [9.17, 15) is 9.18 Å². The monoisotopic (exact) mass is 263 g/mol. The molecule has 0 bridgehead atoms. The predicted molar refractivity (Wildman–Crippen MR) is 69.3 cm³/mol. The summed E-state index contributed by atoms with van der Waals surface area (Å²) in [5, 5.41) is 2.98. The molecule has 1 aliphatic heterocycles. The quantitative estimate of drug-likeness (QED) is 0.904. The molecule has 1 heterocycles. The molecule has 102 valence electrons. The summed E-state index contributed by atoms with van der Waals surface area (Å²) in [5.74, 6) is -0.228. The van der Waals surface area contributed by atoms with Crippen molar-refractivity contribution in [2.75, 3.05) is 13.2 Å². The second-order valence-corrected chi connectivity index (χ2v) is 5.51. The number of rotatable bonds is 4. The van der Waals surface area contributed by atoms with E-state index in [4.69, 9.17) is 4.74 Å². The van der Waals surface area contributed by atoms with Crippen molar-refractivity contribution in [2.24, 2.45) is 0 Å². The summed E-state index contributed by atoms with van der Waals surface area (Å²) in [6.45, 7) is 1.30. The molecule has 1 amide bonds. The zero-order valence-corrected chi connectivity index (χ0v) is 10.8. The lowest BCUT2D eigenvalue weighted by molar-refractivity contribution is -0.130. The maximum absolute atomic E-state index is 12.9. The Morgan fingerprint density at radius 3 is 2.68 bits per heavy atom. The maximum atomic E-state index is 12.9. The van der Waals surface area contributed by atoms with Crippen molar-refractivity contribution >= 4 is 5.91 Å². The fourth-order valence-electron chi connectivity index (χ4n) is 2.68. The zero-order chi connectivity index (χ0) is 13.3. The van der Waals surface area contributed by atoms with Gasteiger partial charge in [0.25, 0.3) is 0 Å². The molecule has 1 atom stereocenters. The number of nitrogens with one attached hydrogen (secondary N) is 1. The van der Waals surface area contributed by atoms with Crippen molar-refractivity contribution in [2.45, 2.75) is 37.2 Å². The van der Waals surface area contributed by atoms with Gasteiger partial charge in [-0.3, -0.25) is 4.79 Å². The van der Waals surface area contributed by atoms with Crippen LogP contribution in [0.3, 0.4) is 0 Å². The van der Waals surface area contributed by atoms with Crippen LogP contribution in [0.4, 0.5) is 4.39 Å². The fourth-order valence-corrected chi connectivity index (χ4v) is 2.68. The van der Waals surface area contributed by atoms with Gasteiger partial charge in [-0.1, -0.05) is 12.1 Å². The number of carbonyl (C=O) groups excluding carboxylic acids is 1. The Balaban J connectivity index is 1.59. The molecule has 1 aromatic rings. The van der Waals surface area contributed by atoms with Crippen molar-refractivity contribution < 1.29 is 13.9 Å². The summed E-state index contributed by atoms with van der Waals surface area (Å²) >= 11 is 0. The zero-order valence-electron chi connectivity index (χ0n) is 10.8. The molecule has 3 rings (SSSR count). The van der Waals surface area contributed by atoms with Gasteiger partial charge in [0, 0.05) is 18.6 Å². The normalized spacial score (nSPS) is 24.2. The van der Waals surface area contributed by atoms with Crippen LogP contribution in [0.15, 0.2) is 24.3 Å². The van der Waals surface area contributed by atoms with E-state index in [1.54, 1.807) is 0 Å². The Labute approximate surface area is 112 Å². The molecule has 19 heavy (non-hydrogen) atoms. The third-order valence-electron chi connectivity index (χ3n) is 4.13. The van der Waals surface area contributed by atoms with Crippen molar-refractivity contribution in [3.05, 3.63) is 35.6 Å². The third kappa shape index (κ3) is 2.63. The van der Waals surface area contributed by atoms with E-state index < -0.39 is 0 Å². The van der Waals surface area contributed by atoms with E-state index in [1.165, 1.54) is 12.1 Å². The molecule has 1 N–H and O–H groups in total. The minimum atomic E-state index is -0.274. The maximum Gasteiger partial charge on any atom is 0.249 e. The van der Waals surface area contributed by atoms with Crippen molar-refractivity contribution in [3.8, 4) is 0 Å². The van der Waals surface area contributed by atoms with Crippen LogP contribution in [0.25, 0.3) is 0 Å². The fraction of sp³-hybridized carbons (Fsp3) is 0.533. The first kappa shape index (κ1) is 12.6. The van der Waals surface area contributed by atoms with E-state index in [2.05, 4.69) is 5.32 Å². The highest BCUT2D eigenvalue weighted by Crippen LogP contribution is 2.47. The van der Waals surface area contributed by atoms with Crippen LogP contribution in [0.2, 0.25) is 0 Å². The molecule has 2 aliphatic rings. The standard InChI is InChI=1S/C15H18FNO2/c16-12-5-3-11(4-6-12)15(7-8-15)10-17-14(18)13-2-1-9-19-13/h3-6,13H,1-2,7-10H2,(H,17,18). The third-order valence-corrected chi connectivity index (χ3v) is 4.13. The van der Waals surface area contributed by atoms with Crippen LogP contribution in [0.1, 0.15) is 31.2 Å². The number of carbonyl (C=O) groups is 1. The van der Waals surface area contributed by atoms with Crippen LogP contribution >= 0.6 is 0 Å². The number of benzene rings is 1. The Hall–Kier alpha value is -1.42. The van der Waals surface area contributed by atoms with Crippen molar-refractivity contribution in [1.29, 1.82) is 0 Å². The molecule has 0 aromatic heterocycles. The van der Waals surface area contributed by atoms with E-state index >= 15 is 0 Å². The van der Waals surface area contributed by atoms with E-state index in [-0.39, 0.29) is 23.2 Å². The highest BCUT2D eigenvalue weighted by molar-refractivity contribution is 5.81. The van der Waals surface area contributed by atoms with Crippen LogP contribution in [-0.2, 0) is 14.9 Å². The minimum Gasteiger partial charge on any atom is -0.368 e. The van der Waals surface area contributed by atoms with Gasteiger partial charge in [-0.2, -0.15) is 0 Å². The van der Waals surface area contributed by atoms with E-state index in [0.717, 1.165) is 31.2 Å². The number of hydrogen-bond acceptors (Lipinski definition) is 2. The lowest BCUT2D eigenvalue weighted by Gasteiger charge is -2.18. The molecule has 1 aromatic carbocycles. The molecule has 0 radical (unpaired) electrons. The summed E-state index contributed by atoms with van der Waals surface area (Å²) < 4.78 is 18.3. The first-order chi connectivity index (χ1) is 9.20. The first-order valence-corrected chi connectivity index (χ1v) is 6.85. The Bertz CT molecular complexity index is 462. The van der Waals surface area contributed by atoms with Crippen LogP contribution < -0.4 is 5.32 Å². The molecule has 1 aliphatic carbocycles. The second-order valence-electron chi connectivity index (χ2n) is 5.51. The number of halogens is 1. The van der Waals surface area contributed by atoms with Crippen LogP contribution in [0, 0.1) is 5.82 Å². The number of ether oxygens (including phenoxy) is 1. The van der Waals surface area contributed by atoms with Gasteiger partial charge in [-0.25, -0.2) is 4.39 Å².